The molecule has 0 unspecified atom stereocenters. The van der Waals surface area contributed by atoms with Crippen molar-refractivity contribution in [3.8, 4) is 0 Å². The Morgan fingerprint density at radius 2 is 2.21 bits per heavy atom. The average Bonchev–Trinajstić information content (AvgIpc) is 2.45. The van der Waals surface area contributed by atoms with E-state index in [1.54, 1.807) is 0 Å². The van der Waals surface area contributed by atoms with Crippen LogP contribution in [-0.4, -0.2) is 32.1 Å². The number of nitrogens with zero attached hydrogens (tertiary/aromatic N) is 2. The van der Waals surface area contributed by atoms with Crippen LogP contribution in [0.3, 0.4) is 0 Å². The van der Waals surface area contributed by atoms with Gasteiger partial charge in [0.25, 0.3) is 0 Å². The zero-order valence-electron chi connectivity index (χ0n) is 7.99. The van der Waals surface area contributed by atoms with E-state index in [0.717, 1.165) is 11.3 Å². The summed E-state index contributed by atoms with van der Waals surface area (Å²) in [6.45, 7) is 0.654. The summed E-state index contributed by atoms with van der Waals surface area (Å²) in [4.78, 5) is 4.21. The van der Waals surface area contributed by atoms with E-state index in [9.17, 15) is 0 Å². The third-order valence-corrected chi connectivity index (χ3v) is 2.14. The van der Waals surface area contributed by atoms with Gasteiger partial charge in [-0.05, 0) is 18.7 Å². The number of rotatable bonds is 2. The van der Waals surface area contributed by atoms with Crippen LogP contribution < -0.4 is 16.5 Å². The maximum Gasteiger partial charge on any atom is 0.144 e. The molecule has 0 fully saturated rings. The Morgan fingerprint density at radius 1 is 1.43 bits per heavy atom. The second kappa shape index (κ2) is 3.50. The van der Waals surface area contributed by atoms with E-state index < -0.39 is 0 Å². The summed E-state index contributed by atoms with van der Waals surface area (Å²) in [5.41, 5.74) is 2.86. The lowest BCUT2D eigenvalue weighted by molar-refractivity contribution is 0.791. The molecule has 0 saturated heterocycles. The van der Waals surface area contributed by atoms with Crippen molar-refractivity contribution in [3.63, 3.8) is 0 Å². The topological polar surface area (TPSA) is 29.3 Å². The third-order valence-electron chi connectivity index (χ3n) is 2.14. The Kier molecular flexibility index (Phi) is 2.33. The highest BCUT2D eigenvalue weighted by atomic mass is 15.0. The smallest absolute Gasteiger partial charge is 0.144 e. The van der Waals surface area contributed by atoms with Gasteiger partial charge < -0.3 is 9.72 Å². The molecule has 14 heavy (non-hydrogen) atoms. The Hall–Kier alpha value is -1.22. The number of hydrogen-bond donors (Lipinski definition) is 1. The number of pyridine rings is 1. The standard InChI is InChI=1S/C9H9B2N3/c1-12-5-6-9(11)13-8-4-2-3-7(10)14(6)8/h2-4,12H,5H2,1H3. The van der Waals surface area contributed by atoms with Crippen molar-refractivity contribution in [2.45, 2.75) is 6.54 Å². The quantitative estimate of drug-likeness (QED) is 0.579. The maximum atomic E-state index is 5.84. The van der Waals surface area contributed by atoms with Crippen LogP contribution in [0.5, 0.6) is 0 Å². The summed E-state index contributed by atoms with van der Waals surface area (Å²) in [5.74, 6) is 0. The second-order valence-corrected chi connectivity index (χ2v) is 3.12. The van der Waals surface area contributed by atoms with Crippen molar-refractivity contribution in [1.82, 2.24) is 14.7 Å². The number of aromatic nitrogens is 2. The molecule has 0 aromatic carbocycles. The minimum atomic E-state index is 0.525. The summed E-state index contributed by atoms with van der Waals surface area (Å²) < 4.78 is 1.85. The molecule has 0 saturated carbocycles. The van der Waals surface area contributed by atoms with Crippen LogP contribution in [0.1, 0.15) is 5.69 Å². The van der Waals surface area contributed by atoms with Gasteiger partial charge >= 0.3 is 0 Å². The van der Waals surface area contributed by atoms with E-state index >= 15 is 0 Å². The van der Waals surface area contributed by atoms with E-state index in [-0.39, 0.29) is 0 Å². The van der Waals surface area contributed by atoms with E-state index in [1.165, 1.54) is 0 Å². The molecule has 2 rings (SSSR count). The van der Waals surface area contributed by atoms with Gasteiger partial charge in [0, 0.05) is 17.8 Å². The van der Waals surface area contributed by atoms with Gasteiger partial charge in [-0.25, -0.2) is 4.98 Å². The highest BCUT2D eigenvalue weighted by Gasteiger charge is 2.07. The van der Waals surface area contributed by atoms with Crippen molar-refractivity contribution >= 4 is 32.5 Å². The predicted octanol–water partition coefficient (Wildman–Crippen LogP) is -1.36. The van der Waals surface area contributed by atoms with Crippen molar-refractivity contribution in [2.24, 2.45) is 0 Å². The van der Waals surface area contributed by atoms with Crippen LogP contribution in [-0.2, 0) is 6.54 Å². The van der Waals surface area contributed by atoms with Gasteiger partial charge in [0.2, 0.25) is 0 Å². The first-order chi connectivity index (χ1) is 6.74. The van der Waals surface area contributed by atoms with Crippen molar-refractivity contribution in [2.75, 3.05) is 7.05 Å². The van der Waals surface area contributed by atoms with Gasteiger partial charge in [-0.2, -0.15) is 0 Å². The Labute approximate surface area is 85.4 Å². The van der Waals surface area contributed by atoms with Crippen molar-refractivity contribution < 1.29 is 0 Å². The molecule has 0 amide bonds. The summed E-state index contributed by atoms with van der Waals surface area (Å²) >= 11 is 0. The van der Waals surface area contributed by atoms with E-state index in [2.05, 4.69) is 10.3 Å². The largest absolute Gasteiger partial charge is 0.314 e. The lowest BCUT2D eigenvalue weighted by Crippen LogP contribution is -2.23. The first-order valence-corrected chi connectivity index (χ1v) is 4.40. The molecule has 0 bridgehead atoms. The molecule has 2 aromatic heterocycles. The molecule has 5 heteroatoms. The second-order valence-electron chi connectivity index (χ2n) is 3.12. The molecule has 0 spiro atoms. The van der Waals surface area contributed by atoms with Gasteiger partial charge in [0.1, 0.15) is 21.3 Å². The van der Waals surface area contributed by atoms with E-state index in [4.69, 9.17) is 15.7 Å². The van der Waals surface area contributed by atoms with Crippen LogP contribution in [0.15, 0.2) is 18.2 Å². The Bertz CT molecular complexity index is 464. The lowest BCUT2D eigenvalue weighted by atomic mass is 10.0. The highest BCUT2D eigenvalue weighted by molar-refractivity contribution is 6.33. The predicted molar refractivity (Wildman–Crippen MR) is 58.7 cm³/mol. The van der Waals surface area contributed by atoms with Crippen LogP contribution in [0.4, 0.5) is 0 Å². The molecule has 0 aliphatic heterocycles. The number of fused-ring (bicyclic) bond motifs is 1. The SMILES string of the molecule is [B]c1nc2cccc([B])n2c1CNC. The molecule has 2 aromatic rings. The fourth-order valence-electron chi connectivity index (χ4n) is 1.54. The molecular weight excluding hydrogens is 172 g/mol. The number of nitrogens with one attached hydrogen (secondary N) is 1. The van der Waals surface area contributed by atoms with Crippen LogP contribution >= 0.6 is 0 Å². The van der Waals surface area contributed by atoms with Crippen molar-refractivity contribution in [1.29, 1.82) is 0 Å². The third kappa shape index (κ3) is 1.34. The Balaban J connectivity index is 2.73. The number of hydrogen-bond acceptors (Lipinski definition) is 2. The molecule has 1 N–H and O–H groups in total. The summed E-state index contributed by atoms with van der Waals surface area (Å²) in [6.07, 6.45) is 0. The average molecular weight is 181 g/mol. The molecule has 66 valence electrons. The number of imidazole rings is 1. The van der Waals surface area contributed by atoms with E-state index in [0.29, 0.717) is 17.7 Å². The summed E-state index contributed by atoms with van der Waals surface area (Å²) in [6, 6.07) is 5.57. The fraction of sp³-hybridized carbons (Fsp3) is 0.222. The van der Waals surface area contributed by atoms with E-state index in [1.807, 2.05) is 29.6 Å². The minimum Gasteiger partial charge on any atom is -0.314 e. The van der Waals surface area contributed by atoms with Gasteiger partial charge in [0.15, 0.2) is 0 Å². The van der Waals surface area contributed by atoms with Gasteiger partial charge in [-0.3, -0.25) is 0 Å². The van der Waals surface area contributed by atoms with Gasteiger partial charge in [-0.15, -0.1) is 0 Å². The van der Waals surface area contributed by atoms with Gasteiger partial charge in [-0.1, -0.05) is 12.1 Å². The monoisotopic (exact) mass is 181 g/mol. The molecule has 0 atom stereocenters. The fourth-order valence-corrected chi connectivity index (χ4v) is 1.54. The molecule has 4 radical (unpaired) electrons. The summed E-state index contributed by atoms with van der Waals surface area (Å²) in [7, 11) is 13.5. The molecule has 0 aliphatic carbocycles. The Morgan fingerprint density at radius 3 is 2.93 bits per heavy atom. The molecule has 0 aliphatic rings. The van der Waals surface area contributed by atoms with Crippen molar-refractivity contribution in [3.05, 3.63) is 23.9 Å². The lowest BCUT2D eigenvalue weighted by Gasteiger charge is -2.05. The minimum absolute atomic E-state index is 0.525. The molecular formula is C9H9B2N3. The first-order valence-electron chi connectivity index (χ1n) is 4.40. The summed E-state index contributed by atoms with van der Waals surface area (Å²) in [5, 5.41) is 3.03. The maximum absolute atomic E-state index is 5.84. The normalized spacial score (nSPS) is 10.9. The molecule has 3 nitrogen and oxygen atoms in total. The zero-order valence-corrected chi connectivity index (χ0v) is 7.99. The highest BCUT2D eigenvalue weighted by Crippen LogP contribution is 2.00. The van der Waals surface area contributed by atoms with Crippen LogP contribution in [0.2, 0.25) is 0 Å². The molecule has 2 heterocycles. The van der Waals surface area contributed by atoms with Crippen LogP contribution in [0, 0.1) is 0 Å². The first kappa shape index (κ1) is 9.34. The zero-order chi connectivity index (χ0) is 10.1. The van der Waals surface area contributed by atoms with Crippen LogP contribution in [0.25, 0.3) is 5.65 Å². The van der Waals surface area contributed by atoms with Gasteiger partial charge in [0.05, 0.1) is 0 Å².